The molecule has 0 saturated heterocycles. The predicted molar refractivity (Wildman–Crippen MR) is 126 cm³/mol. The van der Waals surface area contributed by atoms with Gasteiger partial charge in [-0.25, -0.2) is 9.59 Å². The standard InChI is InChI=1S/C26H48O4/c1-5-8-11-13-15-18-21-29-25(27)23(4)24(20-17-10-7-3)26(28)30-22-19-16-14-12-9-6-2/h5-22H2,1-4H3. The number of ether oxygens (including phenoxy) is 2. The van der Waals surface area contributed by atoms with Crippen LogP contribution in [0.4, 0.5) is 0 Å². The van der Waals surface area contributed by atoms with Crippen LogP contribution in [-0.2, 0) is 19.1 Å². The molecule has 0 radical (unpaired) electrons. The molecule has 0 N–H and O–H groups in total. The van der Waals surface area contributed by atoms with Crippen molar-refractivity contribution >= 4 is 11.9 Å². The molecule has 0 fully saturated rings. The molecule has 0 unspecified atom stereocenters. The van der Waals surface area contributed by atoms with E-state index in [1.807, 2.05) is 0 Å². The largest absolute Gasteiger partial charge is 0.462 e. The van der Waals surface area contributed by atoms with Crippen LogP contribution in [0.15, 0.2) is 11.1 Å². The number of hydrogen-bond acceptors (Lipinski definition) is 4. The number of unbranched alkanes of at least 4 members (excludes halogenated alkanes) is 12. The minimum Gasteiger partial charge on any atom is -0.462 e. The summed E-state index contributed by atoms with van der Waals surface area (Å²) in [5, 5.41) is 0. The van der Waals surface area contributed by atoms with Crippen molar-refractivity contribution in [1.82, 2.24) is 0 Å². The van der Waals surface area contributed by atoms with E-state index in [9.17, 15) is 9.59 Å². The molecule has 0 aromatic rings. The summed E-state index contributed by atoms with van der Waals surface area (Å²) in [5.41, 5.74) is 0.924. The number of carbonyl (C=O) groups is 2. The van der Waals surface area contributed by atoms with Gasteiger partial charge < -0.3 is 9.47 Å². The highest BCUT2D eigenvalue weighted by molar-refractivity contribution is 5.99. The summed E-state index contributed by atoms with van der Waals surface area (Å²) in [6.07, 6.45) is 17.4. The summed E-state index contributed by atoms with van der Waals surface area (Å²) < 4.78 is 10.9. The second-order valence-electron chi connectivity index (χ2n) is 8.37. The normalized spacial score (nSPS) is 11.9. The molecule has 4 nitrogen and oxygen atoms in total. The third-order valence-electron chi connectivity index (χ3n) is 5.50. The molecule has 176 valence electrons. The molecule has 0 aromatic heterocycles. The Morgan fingerprint density at radius 2 is 0.933 bits per heavy atom. The van der Waals surface area contributed by atoms with Gasteiger partial charge in [0.15, 0.2) is 0 Å². The smallest absolute Gasteiger partial charge is 0.334 e. The van der Waals surface area contributed by atoms with E-state index in [4.69, 9.17) is 9.47 Å². The fourth-order valence-corrected chi connectivity index (χ4v) is 3.41. The fraction of sp³-hybridized carbons (Fsp3) is 0.846. The first-order chi connectivity index (χ1) is 14.6. The van der Waals surface area contributed by atoms with Crippen LogP contribution in [0, 0.1) is 0 Å². The van der Waals surface area contributed by atoms with Crippen molar-refractivity contribution in [3.8, 4) is 0 Å². The van der Waals surface area contributed by atoms with Crippen molar-refractivity contribution in [2.75, 3.05) is 13.2 Å². The summed E-state index contributed by atoms with van der Waals surface area (Å²) in [4.78, 5) is 25.1. The fourth-order valence-electron chi connectivity index (χ4n) is 3.41. The molecule has 0 atom stereocenters. The zero-order valence-electron chi connectivity index (χ0n) is 20.4. The van der Waals surface area contributed by atoms with Gasteiger partial charge in [0.1, 0.15) is 0 Å². The molecule has 30 heavy (non-hydrogen) atoms. The van der Waals surface area contributed by atoms with Gasteiger partial charge in [0.25, 0.3) is 0 Å². The number of esters is 2. The lowest BCUT2D eigenvalue weighted by Crippen LogP contribution is -2.16. The Morgan fingerprint density at radius 3 is 1.43 bits per heavy atom. The van der Waals surface area contributed by atoms with Crippen molar-refractivity contribution < 1.29 is 19.1 Å². The molecule has 0 amide bonds. The lowest BCUT2D eigenvalue weighted by molar-refractivity contribution is -0.142. The van der Waals surface area contributed by atoms with Crippen molar-refractivity contribution in [2.45, 2.75) is 130 Å². The highest BCUT2D eigenvalue weighted by Gasteiger charge is 2.19. The SMILES string of the molecule is CCCCCCCCOC(=O)C(C)=C(CCCCC)C(=O)OCCCCCCCC. The first kappa shape index (κ1) is 28.7. The van der Waals surface area contributed by atoms with Gasteiger partial charge in [-0.2, -0.15) is 0 Å². The maximum Gasteiger partial charge on any atom is 0.334 e. The van der Waals surface area contributed by atoms with Crippen LogP contribution in [0.3, 0.4) is 0 Å². The van der Waals surface area contributed by atoms with Gasteiger partial charge in [-0.1, -0.05) is 97.8 Å². The summed E-state index contributed by atoms with van der Waals surface area (Å²) in [5.74, 6) is -0.708. The first-order valence-corrected chi connectivity index (χ1v) is 12.6. The van der Waals surface area contributed by atoms with Gasteiger partial charge in [0.2, 0.25) is 0 Å². The van der Waals surface area contributed by atoms with Crippen LogP contribution in [0.5, 0.6) is 0 Å². The minimum absolute atomic E-state index is 0.339. The molecule has 0 aliphatic carbocycles. The third-order valence-corrected chi connectivity index (χ3v) is 5.50. The maximum atomic E-state index is 12.6. The molecule has 0 aliphatic heterocycles. The van der Waals surface area contributed by atoms with Gasteiger partial charge in [-0.15, -0.1) is 0 Å². The van der Waals surface area contributed by atoms with E-state index in [-0.39, 0.29) is 11.9 Å². The average Bonchev–Trinajstić information content (AvgIpc) is 2.74. The summed E-state index contributed by atoms with van der Waals surface area (Å²) in [6, 6.07) is 0. The van der Waals surface area contributed by atoms with Crippen molar-refractivity contribution in [3.63, 3.8) is 0 Å². The quantitative estimate of drug-likeness (QED) is 0.114. The summed E-state index contributed by atoms with van der Waals surface area (Å²) in [7, 11) is 0. The topological polar surface area (TPSA) is 52.6 Å². The van der Waals surface area contributed by atoms with E-state index >= 15 is 0 Å². The Hall–Kier alpha value is -1.32. The maximum absolute atomic E-state index is 12.6. The van der Waals surface area contributed by atoms with E-state index in [2.05, 4.69) is 20.8 Å². The van der Waals surface area contributed by atoms with Crippen molar-refractivity contribution in [1.29, 1.82) is 0 Å². The molecule has 0 spiro atoms. The molecular formula is C26H48O4. The zero-order chi connectivity index (χ0) is 22.5. The van der Waals surface area contributed by atoms with Gasteiger partial charge in [-0.3, -0.25) is 0 Å². The number of rotatable bonds is 20. The molecule has 0 rings (SSSR count). The van der Waals surface area contributed by atoms with Crippen LogP contribution >= 0.6 is 0 Å². The molecule has 0 heterocycles. The predicted octanol–water partition coefficient (Wildman–Crippen LogP) is 7.69. The number of carbonyl (C=O) groups excluding carboxylic acids is 2. The van der Waals surface area contributed by atoms with Gasteiger partial charge in [-0.05, 0) is 32.6 Å². The van der Waals surface area contributed by atoms with Gasteiger partial charge >= 0.3 is 11.9 Å². The molecular weight excluding hydrogens is 376 g/mol. The van der Waals surface area contributed by atoms with Gasteiger partial charge in [0.05, 0.1) is 13.2 Å². The first-order valence-electron chi connectivity index (χ1n) is 12.6. The Balaban J connectivity index is 4.48. The Morgan fingerprint density at radius 1 is 0.533 bits per heavy atom. The van der Waals surface area contributed by atoms with E-state index < -0.39 is 0 Å². The lowest BCUT2D eigenvalue weighted by Gasteiger charge is -2.12. The highest BCUT2D eigenvalue weighted by atomic mass is 16.5. The van der Waals surface area contributed by atoms with Crippen molar-refractivity contribution in [2.24, 2.45) is 0 Å². The van der Waals surface area contributed by atoms with E-state index in [0.29, 0.717) is 30.8 Å². The molecule has 0 bridgehead atoms. The second-order valence-corrected chi connectivity index (χ2v) is 8.37. The van der Waals surface area contributed by atoms with E-state index in [1.54, 1.807) is 6.92 Å². The van der Waals surface area contributed by atoms with Crippen LogP contribution in [-0.4, -0.2) is 25.2 Å². The van der Waals surface area contributed by atoms with E-state index in [1.165, 1.54) is 51.4 Å². The summed E-state index contributed by atoms with van der Waals surface area (Å²) in [6.45, 7) is 9.10. The van der Waals surface area contributed by atoms with Crippen molar-refractivity contribution in [3.05, 3.63) is 11.1 Å². The number of hydrogen-bond donors (Lipinski definition) is 0. The molecule has 0 saturated carbocycles. The minimum atomic E-state index is -0.369. The van der Waals surface area contributed by atoms with Crippen LogP contribution in [0.2, 0.25) is 0 Å². The van der Waals surface area contributed by atoms with E-state index in [0.717, 1.165) is 44.9 Å². The lowest BCUT2D eigenvalue weighted by atomic mass is 10.0. The van der Waals surface area contributed by atoms with Crippen LogP contribution < -0.4 is 0 Å². The molecule has 0 aromatic carbocycles. The average molecular weight is 425 g/mol. The zero-order valence-corrected chi connectivity index (χ0v) is 20.4. The summed E-state index contributed by atoms with van der Waals surface area (Å²) >= 11 is 0. The molecule has 4 heteroatoms. The third kappa shape index (κ3) is 15.5. The van der Waals surface area contributed by atoms with Crippen LogP contribution in [0.1, 0.15) is 130 Å². The Labute approximate surface area is 186 Å². The monoisotopic (exact) mass is 424 g/mol. The Bertz CT molecular complexity index is 468. The second kappa shape index (κ2) is 20.9. The highest BCUT2D eigenvalue weighted by Crippen LogP contribution is 2.18. The molecule has 0 aliphatic rings. The van der Waals surface area contributed by atoms with Crippen LogP contribution in [0.25, 0.3) is 0 Å². The Kier molecular flexibility index (Phi) is 20.0. The van der Waals surface area contributed by atoms with Gasteiger partial charge in [0, 0.05) is 11.1 Å².